The second kappa shape index (κ2) is 1.78. The molecule has 3 heteroatoms. The van der Waals surface area contributed by atoms with Crippen LogP contribution < -0.4 is 0 Å². The van der Waals surface area contributed by atoms with E-state index in [9.17, 15) is 0 Å². The van der Waals surface area contributed by atoms with Gasteiger partial charge in [0, 0.05) is 0 Å². The lowest BCUT2D eigenvalue weighted by Gasteiger charge is -1.93. The van der Waals surface area contributed by atoms with Crippen molar-refractivity contribution >= 4 is 0 Å². The van der Waals surface area contributed by atoms with Gasteiger partial charge in [0.25, 0.3) is 0 Å². The molecule has 0 spiro atoms. The molecule has 1 rings (SSSR count). The Kier molecular flexibility index (Phi) is 1.27. The molecular weight excluding hydrogens is 96.0 g/mol. The fourth-order valence-electron chi connectivity index (χ4n) is 0.472. The Morgan fingerprint density at radius 2 is 1.43 bits per heavy atom. The highest BCUT2D eigenvalue weighted by Crippen LogP contribution is 2.10. The molecule has 3 nitrogen and oxygen atoms in total. The molecule has 42 valence electrons. The minimum Gasteiger partial charge on any atom is -0.318 e. The van der Waals surface area contributed by atoms with Crippen LogP contribution >= 0.6 is 0 Å². The predicted octanol–water partition coefficient (Wildman–Crippen LogP) is 0.657. The SMILES string of the molecule is CC1OOC(C)O1. The zero-order chi connectivity index (χ0) is 5.28. The quantitative estimate of drug-likeness (QED) is 0.422. The van der Waals surface area contributed by atoms with Crippen molar-refractivity contribution < 1.29 is 14.5 Å². The van der Waals surface area contributed by atoms with E-state index in [-0.39, 0.29) is 12.6 Å². The third-order valence-corrected chi connectivity index (χ3v) is 0.710. The first-order valence-corrected chi connectivity index (χ1v) is 2.26. The summed E-state index contributed by atoms with van der Waals surface area (Å²) in [6.45, 7) is 3.56. The van der Waals surface area contributed by atoms with Crippen LogP contribution in [0.4, 0.5) is 0 Å². The summed E-state index contributed by atoms with van der Waals surface area (Å²) in [5.41, 5.74) is 0. The maximum absolute atomic E-state index is 4.92. The summed E-state index contributed by atoms with van der Waals surface area (Å²) in [6.07, 6.45) is -0.398. The third kappa shape index (κ3) is 1.12. The minimum atomic E-state index is -0.199. The van der Waals surface area contributed by atoms with E-state index in [1.54, 1.807) is 13.8 Å². The molecule has 0 aromatic carbocycles. The van der Waals surface area contributed by atoms with Gasteiger partial charge >= 0.3 is 0 Å². The van der Waals surface area contributed by atoms with Gasteiger partial charge in [-0.1, -0.05) is 0 Å². The number of hydrogen-bond donors (Lipinski definition) is 0. The topological polar surface area (TPSA) is 27.7 Å². The van der Waals surface area contributed by atoms with E-state index in [1.165, 1.54) is 0 Å². The van der Waals surface area contributed by atoms with Crippen molar-refractivity contribution in [1.82, 2.24) is 0 Å². The van der Waals surface area contributed by atoms with Crippen molar-refractivity contribution in [3.8, 4) is 0 Å². The summed E-state index contributed by atoms with van der Waals surface area (Å²) in [5, 5.41) is 0. The number of hydrogen-bond acceptors (Lipinski definition) is 3. The second-order valence-corrected chi connectivity index (χ2v) is 1.46. The molecule has 0 radical (unpaired) electrons. The summed E-state index contributed by atoms with van der Waals surface area (Å²) in [7, 11) is 0. The average Bonchev–Trinajstić information content (AvgIpc) is 1.87. The van der Waals surface area contributed by atoms with Crippen LogP contribution in [0.5, 0.6) is 0 Å². The number of rotatable bonds is 0. The van der Waals surface area contributed by atoms with Gasteiger partial charge in [-0.3, -0.25) is 0 Å². The molecule has 2 unspecified atom stereocenters. The van der Waals surface area contributed by atoms with Crippen LogP contribution in [0, 0.1) is 0 Å². The lowest BCUT2D eigenvalue weighted by Crippen LogP contribution is -2.02. The highest BCUT2D eigenvalue weighted by Gasteiger charge is 2.18. The Hall–Kier alpha value is -0.120. The van der Waals surface area contributed by atoms with Gasteiger partial charge in [0.05, 0.1) is 0 Å². The zero-order valence-electron chi connectivity index (χ0n) is 4.38. The Balaban J connectivity index is 2.26. The Bertz CT molecular complexity index is 56.0. The first-order chi connectivity index (χ1) is 3.29. The summed E-state index contributed by atoms with van der Waals surface area (Å²) in [4.78, 5) is 9.09. The fourth-order valence-corrected chi connectivity index (χ4v) is 0.472. The predicted molar refractivity (Wildman–Crippen MR) is 22.2 cm³/mol. The molecule has 0 bridgehead atoms. The second-order valence-electron chi connectivity index (χ2n) is 1.46. The van der Waals surface area contributed by atoms with Crippen LogP contribution in [0.3, 0.4) is 0 Å². The monoisotopic (exact) mass is 104 g/mol. The van der Waals surface area contributed by atoms with E-state index in [1.807, 2.05) is 0 Å². The van der Waals surface area contributed by atoms with E-state index >= 15 is 0 Å². The molecule has 1 aliphatic rings. The van der Waals surface area contributed by atoms with Crippen molar-refractivity contribution in [3.63, 3.8) is 0 Å². The fraction of sp³-hybridized carbons (Fsp3) is 1.00. The van der Waals surface area contributed by atoms with Crippen molar-refractivity contribution in [2.75, 3.05) is 0 Å². The molecule has 0 N–H and O–H groups in total. The van der Waals surface area contributed by atoms with Crippen molar-refractivity contribution in [1.29, 1.82) is 0 Å². The van der Waals surface area contributed by atoms with Gasteiger partial charge in [-0.05, 0) is 13.8 Å². The Morgan fingerprint density at radius 3 is 1.57 bits per heavy atom. The zero-order valence-corrected chi connectivity index (χ0v) is 4.38. The van der Waals surface area contributed by atoms with Gasteiger partial charge in [0.15, 0.2) is 12.6 Å². The van der Waals surface area contributed by atoms with Crippen molar-refractivity contribution in [2.45, 2.75) is 26.4 Å². The first kappa shape index (κ1) is 5.03. The highest BCUT2D eigenvalue weighted by atomic mass is 17.3. The van der Waals surface area contributed by atoms with Crippen LogP contribution in [0.1, 0.15) is 13.8 Å². The molecule has 0 amide bonds. The van der Waals surface area contributed by atoms with Gasteiger partial charge in [-0.25, -0.2) is 9.78 Å². The third-order valence-electron chi connectivity index (χ3n) is 0.710. The van der Waals surface area contributed by atoms with Gasteiger partial charge < -0.3 is 4.74 Å². The summed E-state index contributed by atoms with van der Waals surface area (Å²) >= 11 is 0. The first-order valence-electron chi connectivity index (χ1n) is 2.26. The minimum absolute atomic E-state index is 0.199. The van der Waals surface area contributed by atoms with Crippen molar-refractivity contribution in [3.05, 3.63) is 0 Å². The lowest BCUT2D eigenvalue weighted by atomic mass is 10.7. The van der Waals surface area contributed by atoms with Crippen LogP contribution in [0.25, 0.3) is 0 Å². The summed E-state index contributed by atoms with van der Waals surface area (Å²) in [5.74, 6) is 0. The van der Waals surface area contributed by atoms with Crippen LogP contribution in [0.2, 0.25) is 0 Å². The molecule has 0 aliphatic carbocycles. The molecular formula is C4H8O3. The van der Waals surface area contributed by atoms with Gasteiger partial charge in [0.2, 0.25) is 0 Å². The molecule has 1 saturated heterocycles. The molecule has 1 heterocycles. The molecule has 1 aliphatic heterocycles. The largest absolute Gasteiger partial charge is 0.318 e. The van der Waals surface area contributed by atoms with Crippen LogP contribution in [0.15, 0.2) is 0 Å². The molecule has 0 saturated carbocycles. The number of ether oxygens (including phenoxy) is 1. The normalized spacial score (nSPS) is 42.0. The van der Waals surface area contributed by atoms with Gasteiger partial charge in [-0.15, -0.1) is 0 Å². The van der Waals surface area contributed by atoms with E-state index in [2.05, 4.69) is 9.78 Å². The molecule has 1 fully saturated rings. The maximum atomic E-state index is 4.92. The molecule has 7 heavy (non-hydrogen) atoms. The van der Waals surface area contributed by atoms with E-state index < -0.39 is 0 Å². The molecule has 0 aromatic rings. The van der Waals surface area contributed by atoms with E-state index in [0.717, 1.165) is 0 Å². The van der Waals surface area contributed by atoms with E-state index in [4.69, 9.17) is 4.74 Å². The summed E-state index contributed by atoms with van der Waals surface area (Å²) < 4.78 is 4.92. The lowest BCUT2D eigenvalue weighted by molar-refractivity contribution is -0.290. The molecule has 2 atom stereocenters. The van der Waals surface area contributed by atoms with Crippen LogP contribution in [-0.4, -0.2) is 12.6 Å². The van der Waals surface area contributed by atoms with Gasteiger partial charge in [0.1, 0.15) is 0 Å². The smallest absolute Gasteiger partial charge is 0.191 e. The van der Waals surface area contributed by atoms with Crippen molar-refractivity contribution in [2.24, 2.45) is 0 Å². The van der Waals surface area contributed by atoms with Crippen LogP contribution in [-0.2, 0) is 14.5 Å². The van der Waals surface area contributed by atoms with E-state index in [0.29, 0.717) is 0 Å². The summed E-state index contributed by atoms with van der Waals surface area (Å²) in [6, 6.07) is 0. The Morgan fingerprint density at radius 1 is 1.00 bits per heavy atom. The maximum Gasteiger partial charge on any atom is 0.191 e. The van der Waals surface area contributed by atoms with Gasteiger partial charge in [-0.2, -0.15) is 0 Å². The average molecular weight is 104 g/mol. The highest BCUT2D eigenvalue weighted by molar-refractivity contribution is 4.34. The standard InChI is InChI=1S/C4H8O3/c1-3-5-4(2)7-6-3/h3-4H,1-2H3. The molecule has 0 aromatic heterocycles. The Labute approximate surface area is 42.1 Å².